The van der Waals surface area contributed by atoms with Crippen LogP contribution >= 0.6 is 11.8 Å². The van der Waals surface area contributed by atoms with Crippen LogP contribution in [0.4, 0.5) is 0 Å². The van der Waals surface area contributed by atoms with Gasteiger partial charge in [0.25, 0.3) is 0 Å². The summed E-state index contributed by atoms with van der Waals surface area (Å²) in [6.07, 6.45) is 4.67. The lowest BCUT2D eigenvalue weighted by Gasteiger charge is -2.10. The predicted octanol–water partition coefficient (Wildman–Crippen LogP) is 12.8. The first-order chi connectivity index (χ1) is 25.2. The molecule has 0 bridgehead atoms. The van der Waals surface area contributed by atoms with Crippen molar-refractivity contribution < 1.29 is 4.42 Å². The van der Waals surface area contributed by atoms with E-state index in [0.29, 0.717) is 0 Å². The predicted molar refractivity (Wildman–Crippen MR) is 210 cm³/mol. The number of pyridine rings is 2. The van der Waals surface area contributed by atoms with Crippen molar-refractivity contribution in [2.45, 2.75) is 16.2 Å². The molecule has 3 aromatic heterocycles. The molecular weight excluding hydrogens is 641 g/mol. The summed E-state index contributed by atoms with van der Waals surface area (Å²) in [6, 6.07) is 56.6. The van der Waals surface area contributed by atoms with Gasteiger partial charge in [0.05, 0.1) is 5.69 Å². The highest BCUT2D eigenvalue weighted by molar-refractivity contribution is 7.99. The van der Waals surface area contributed by atoms with Crippen molar-refractivity contribution >= 4 is 33.8 Å². The second-order valence-corrected chi connectivity index (χ2v) is 14.2. The molecule has 51 heavy (non-hydrogen) atoms. The molecule has 0 atom stereocenters. The van der Waals surface area contributed by atoms with Gasteiger partial charge in [-0.25, -0.2) is 0 Å². The molecule has 1 aliphatic carbocycles. The molecule has 0 saturated carbocycles. The second kappa shape index (κ2) is 12.3. The van der Waals surface area contributed by atoms with Gasteiger partial charge in [-0.1, -0.05) is 96.7 Å². The van der Waals surface area contributed by atoms with Crippen LogP contribution in [0.1, 0.15) is 11.1 Å². The van der Waals surface area contributed by atoms with Gasteiger partial charge < -0.3 is 4.42 Å². The summed E-state index contributed by atoms with van der Waals surface area (Å²) in [5.41, 5.74) is 17.1. The highest BCUT2D eigenvalue weighted by Gasteiger charge is 2.20. The third-order valence-corrected chi connectivity index (χ3v) is 10.8. The molecule has 0 N–H and O–H groups in total. The smallest absolute Gasteiger partial charge is 0.153 e. The Morgan fingerprint density at radius 3 is 1.71 bits per heavy atom. The number of fused-ring (bicyclic) bond motifs is 6. The molecule has 1 aliphatic rings. The number of nitrogens with zero attached hydrogens (tertiary/aromatic N) is 2. The van der Waals surface area contributed by atoms with Crippen LogP contribution in [0.5, 0.6) is 0 Å². The van der Waals surface area contributed by atoms with Crippen LogP contribution in [0.2, 0.25) is 0 Å². The largest absolute Gasteiger partial charge is 0.454 e. The Morgan fingerprint density at radius 2 is 1.00 bits per heavy atom. The molecule has 0 spiro atoms. The summed E-state index contributed by atoms with van der Waals surface area (Å²) in [5.74, 6) is 0. The molecule has 3 nitrogen and oxygen atoms in total. The van der Waals surface area contributed by atoms with E-state index in [0.717, 1.165) is 45.3 Å². The number of hydrogen-bond donors (Lipinski definition) is 0. The van der Waals surface area contributed by atoms with Gasteiger partial charge in [0.1, 0.15) is 11.1 Å². The molecular formula is C47H30N2OS. The molecule has 0 radical (unpaired) electrons. The van der Waals surface area contributed by atoms with Crippen molar-refractivity contribution in [2.24, 2.45) is 0 Å². The van der Waals surface area contributed by atoms with Crippen molar-refractivity contribution in [3.05, 3.63) is 181 Å². The highest BCUT2D eigenvalue weighted by Crippen LogP contribution is 2.39. The highest BCUT2D eigenvalue weighted by atomic mass is 32.2. The molecule has 0 saturated heterocycles. The Morgan fingerprint density at radius 1 is 0.431 bits per heavy atom. The average Bonchev–Trinajstić information content (AvgIpc) is 3.76. The lowest BCUT2D eigenvalue weighted by atomic mass is 9.96. The molecule has 4 heteroatoms. The van der Waals surface area contributed by atoms with E-state index in [9.17, 15) is 0 Å². The van der Waals surface area contributed by atoms with Gasteiger partial charge in [-0.2, -0.15) is 0 Å². The third kappa shape index (κ3) is 5.51. The van der Waals surface area contributed by atoms with Gasteiger partial charge >= 0.3 is 0 Å². The SMILES string of the molecule is c1cc(Sc2cccc(-c3cccc(-c4ccc5oc6cccnc6c5c4)c3)c2)cc(-c2cccc(-c3ccc4c(c3)-c3ncccc3C4)c2)c1. The van der Waals surface area contributed by atoms with E-state index in [-0.39, 0.29) is 0 Å². The van der Waals surface area contributed by atoms with Crippen LogP contribution in [0.3, 0.4) is 0 Å². The topological polar surface area (TPSA) is 38.9 Å². The quantitative estimate of drug-likeness (QED) is 0.176. The monoisotopic (exact) mass is 670 g/mol. The molecule has 0 fully saturated rings. The fourth-order valence-electron chi connectivity index (χ4n) is 7.31. The molecule has 9 aromatic rings. The lowest BCUT2D eigenvalue weighted by Crippen LogP contribution is -1.86. The number of hydrogen-bond acceptors (Lipinski definition) is 4. The first-order valence-electron chi connectivity index (χ1n) is 17.2. The summed E-state index contributed by atoms with van der Waals surface area (Å²) in [4.78, 5) is 11.7. The third-order valence-electron chi connectivity index (χ3n) is 9.82. The maximum atomic E-state index is 6.01. The number of aromatic nitrogens is 2. The van der Waals surface area contributed by atoms with Crippen molar-refractivity contribution in [1.29, 1.82) is 0 Å². The van der Waals surface area contributed by atoms with Gasteiger partial charge in [-0.3, -0.25) is 9.97 Å². The van der Waals surface area contributed by atoms with Crippen LogP contribution in [0.15, 0.2) is 184 Å². The van der Waals surface area contributed by atoms with Gasteiger partial charge in [-0.15, -0.1) is 0 Å². The van der Waals surface area contributed by atoms with E-state index in [1.54, 1.807) is 11.8 Å². The summed E-state index contributed by atoms with van der Waals surface area (Å²) >= 11 is 1.79. The van der Waals surface area contributed by atoms with Crippen LogP contribution < -0.4 is 0 Å². The van der Waals surface area contributed by atoms with E-state index < -0.39 is 0 Å². The van der Waals surface area contributed by atoms with Crippen LogP contribution in [-0.4, -0.2) is 9.97 Å². The van der Waals surface area contributed by atoms with Crippen molar-refractivity contribution in [1.82, 2.24) is 9.97 Å². The van der Waals surface area contributed by atoms with E-state index in [2.05, 4.69) is 138 Å². The van der Waals surface area contributed by atoms with Crippen molar-refractivity contribution in [3.8, 4) is 55.8 Å². The fraction of sp³-hybridized carbons (Fsp3) is 0.0213. The average molecular weight is 671 g/mol. The zero-order valence-corrected chi connectivity index (χ0v) is 28.4. The number of benzene rings is 6. The van der Waals surface area contributed by atoms with Gasteiger partial charge in [-0.05, 0) is 128 Å². The Balaban J connectivity index is 0.911. The van der Waals surface area contributed by atoms with Gasteiger partial charge in [0, 0.05) is 39.6 Å². The van der Waals surface area contributed by atoms with Crippen molar-refractivity contribution in [2.75, 3.05) is 0 Å². The van der Waals surface area contributed by atoms with E-state index in [1.807, 2.05) is 36.7 Å². The molecule has 0 aliphatic heterocycles. The van der Waals surface area contributed by atoms with Crippen molar-refractivity contribution in [3.63, 3.8) is 0 Å². The molecule has 3 heterocycles. The molecule has 0 amide bonds. The van der Waals surface area contributed by atoms with Crippen LogP contribution in [0, 0.1) is 0 Å². The fourth-order valence-corrected chi connectivity index (χ4v) is 8.25. The van der Waals surface area contributed by atoms with E-state index in [1.165, 1.54) is 59.9 Å². The summed E-state index contributed by atoms with van der Waals surface area (Å²) in [5, 5.41) is 1.03. The van der Waals surface area contributed by atoms with E-state index >= 15 is 0 Å². The zero-order chi connectivity index (χ0) is 33.7. The lowest BCUT2D eigenvalue weighted by molar-refractivity contribution is 0.668. The molecule has 10 rings (SSSR count). The number of rotatable bonds is 6. The molecule has 0 unspecified atom stereocenters. The summed E-state index contributed by atoms with van der Waals surface area (Å²) < 4.78 is 6.01. The Kier molecular flexibility index (Phi) is 7.14. The first-order valence-corrected chi connectivity index (χ1v) is 18.0. The van der Waals surface area contributed by atoms with Crippen LogP contribution in [-0.2, 0) is 6.42 Å². The Labute approximate surface area is 300 Å². The zero-order valence-electron chi connectivity index (χ0n) is 27.6. The van der Waals surface area contributed by atoms with Gasteiger partial charge in [0.2, 0.25) is 0 Å². The standard InChI is InChI=1S/C47H30N2OS/c1-7-30(23-32(9-1)36-17-18-38-25-39-13-5-21-48-46(39)42(38)28-36)34-11-3-14-40(26-34)51-41-15-4-12-35(27-41)31-8-2-10-33(24-31)37-19-20-44-43(29-37)47-45(50-44)16-6-22-49-47/h1-24,26-29H,25H2. The van der Waals surface area contributed by atoms with Gasteiger partial charge in [0.15, 0.2) is 5.58 Å². The Hall–Kier alpha value is -6.23. The normalized spacial score (nSPS) is 11.9. The Bertz CT molecular complexity index is 2780. The minimum Gasteiger partial charge on any atom is -0.454 e. The molecule has 240 valence electrons. The molecule has 6 aromatic carbocycles. The number of furan rings is 1. The van der Waals surface area contributed by atoms with E-state index in [4.69, 9.17) is 9.40 Å². The maximum Gasteiger partial charge on any atom is 0.153 e. The first kappa shape index (κ1) is 29.7. The van der Waals surface area contributed by atoms with Crippen LogP contribution in [0.25, 0.3) is 77.8 Å². The summed E-state index contributed by atoms with van der Waals surface area (Å²) in [7, 11) is 0. The summed E-state index contributed by atoms with van der Waals surface area (Å²) in [6.45, 7) is 0. The minimum atomic E-state index is 0.811. The maximum absolute atomic E-state index is 6.01. The minimum absolute atomic E-state index is 0.811. The second-order valence-electron chi connectivity index (χ2n) is 13.0.